The van der Waals surface area contributed by atoms with Crippen LogP contribution in [0.15, 0.2) is 60.9 Å². The second kappa shape index (κ2) is 8.89. The Hall–Kier alpha value is -2.50. The number of ether oxygens (including phenoxy) is 1. The number of hydrazine groups is 1. The number of carbonyl (C=O) groups excluding carboxylic acids is 1. The van der Waals surface area contributed by atoms with Crippen LogP contribution in [0.1, 0.15) is 43.4 Å². The first-order chi connectivity index (χ1) is 14.2. The van der Waals surface area contributed by atoms with Gasteiger partial charge in [-0.25, -0.2) is 5.43 Å². The molecule has 0 radical (unpaired) electrons. The lowest BCUT2D eigenvalue weighted by Gasteiger charge is -2.32. The van der Waals surface area contributed by atoms with Gasteiger partial charge in [0.2, 0.25) is 0 Å². The van der Waals surface area contributed by atoms with Crippen LogP contribution < -0.4 is 10.2 Å². The number of unbranched alkanes of at least 4 members (excludes halogenated alkanes) is 1. The molecule has 5 nitrogen and oxygen atoms in total. The Labute approximate surface area is 176 Å². The van der Waals surface area contributed by atoms with Gasteiger partial charge in [-0.3, -0.25) is 4.79 Å². The number of nitrogens with one attached hydrogen (secondary N) is 1. The number of halogens is 1. The number of carbonyl (C=O) groups is 1. The fourth-order valence-electron chi connectivity index (χ4n) is 3.73. The van der Waals surface area contributed by atoms with Crippen LogP contribution in [0.3, 0.4) is 0 Å². The van der Waals surface area contributed by atoms with Gasteiger partial charge >= 0.3 is 0 Å². The molecule has 2 heterocycles. The van der Waals surface area contributed by atoms with Crippen LogP contribution in [0.5, 0.6) is 5.75 Å². The molecule has 2 aliphatic rings. The van der Waals surface area contributed by atoms with Gasteiger partial charge in [0.1, 0.15) is 11.8 Å². The first-order valence-corrected chi connectivity index (χ1v) is 10.5. The third kappa shape index (κ3) is 4.41. The molecule has 0 saturated carbocycles. The molecule has 0 aliphatic carbocycles. The molecule has 0 aromatic heterocycles. The highest BCUT2D eigenvalue weighted by atomic mass is 35.5. The van der Waals surface area contributed by atoms with Crippen molar-refractivity contribution < 1.29 is 9.53 Å². The van der Waals surface area contributed by atoms with Gasteiger partial charge in [0.15, 0.2) is 0 Å². The van der Waals surface area contributed by atoms with Gasteiger partial charge < -0.3 is 14.6 Å². The normalized spacial score (nSPS) is 20.8. The highest BCUT2D eigenvalue weighted by Crippen LogP contribution is 2.32. The fourth-order valence-corrected chi connectivity index (χ4v) is 3.92. The lowest BCUT2D eigenvalue weighted by Crippen LogP contribution is -2.47. The van der Waals surface area contributed by atoms with Crippen molar-refractivity contribution in [2.75, 3.05) is 6.61 Å². The van der Waals surface area contributed by atoms with Gasteiger partial charge in [0.05, 0.1) is 19.2 Å². The SMILES string of the molecule is CCCCOc1ccc(C2CC3C(=O)N(Cc4ccccc4Cl)C=CN3N2)cc1. The second-order valence-electron chi connectivity index (χ2n) is 7.47. The van der Waals surface area contributed by atoms with Crippen molar-refractivity contribution in [3.63, 3.8) is 0 Å². The predicted octanol–water partition coefficient (Wildman–Crippen LogP) is 4.65. The van der Waals surface area contributed by atoms with Gasteiger partial charge in [-0.05, 0) is 42.2 Å². The molecule has 2 unspecified atom stereocenters. The summed E-state index contributed by atoms with van der Waals surface area (Å²) in [5.41, 5.74) is 5.54. The standard InChI is InChI=1S/C23H26ClN3O2/c1-2-3-14-29-19-10-8-17(9-11-19)21-15-22-23(28)26(12-13-27(22)25-21)16-18-6-4-5-7-20(18)24/h4-13,21-22,25H,2-3,14-16H2,1H3. The van der Waals surface area contributed by atoms with Crippen molar-refractivity contribution in [1.29, 1.82) is 0 Å². The van der Waals surface area contributed by atoms with Crippen LogP contribution >= 0.6 is 11.6 Å². The average molecular weight is 412 g/mol. The minimum absolute atomic E-state index is 0.0851. The number of fused-ring (bicyclic) bond motifs is 1. The van der Waals surface area contributed by atoms with E-state index in [0.29, 0.717) is 11.6 Å². The molecule has 1 amide bonds. The summed E-state index contributed by atoms with van der Waals surface area (Å²) in [6.45, 7) is 3.38. The summed E-state index contributed by atoms with van der Waals surface area (Å²) < 4.78 is 5.74. The average Bonchev–Trinajstić information content (AvgIpc) is 3.18. The topological polar surface area (TPSA) is 44.8 Å². The second-order valence-corrected chi connectivity index (χ2v) is 7.87. The Morgan fingerprint density at radius 1 is 1.14 bits per heavy atom. The number of hydrogen-bond donors (Lipinski definition) is 1. The summed E-state index contributed by atoms with van der Waals surface area (Å²) in [6, 6.07) is 15.7. The van der Waals surface area contributed by atoms with Crippen molar-refractivity contribution in [2.45, 2.75) is 44.8 Å². The molecular formula is C23H26ClN3O2. The highest BCUT2D eigenvalue weighted by Gasteiger charge is 2.39. The van der Waals surface area contributed by atoms with E-state index >= 15 is 0 Å². The van der Waals surface area contributed by atoms with Crippen LogP contribution in [0, 0.1) is 0 Å². The molecule has 2 aromatic carbocycles. The third-order valence-electron chi connectivity index (χ3n) is 5.42. The van der Waals surface area contributed by atoms with Crippen molar-refractivity contribution in [2.24, 2.45) is 0 Å². The molecule has 29 heavy (non-hydrogen) atoms. The van der Waals surface area contributed by atoms with E-state index in [0.717, 1.165) is 42.7 Å². The minimum atomic E-state index is -0.215. The van der Waals surface area contributed by atoms with Crippen molar-refractivity contribution in [1.82, 2.24) is 15.3 Å². The number of benzene rings is 2. The summed E-state index contributed by atoms with van der Waals surface area (Å²) in [5, 5.41) is 2.60. The molecule has 0 spiro atoms. The van der Waals surface area contributed by atoms with Gasteiger partial charge in [-0.15, -0.1) is 0 Å². The lowest BCUT2D eigenvalue weighted by atomic mass is 10.0. The maximum Gasteiger partial charge on any atom is 0.251 e. The monoisotopic (exact) mass is 411 g/mol. The maximum atomic E-state index is 13.0. The molecule has 0 bridgehead atoms. The molecule has 1 N–H and O–H groups in total. The Kier molecular flexibility index (Phi) is 6.07. The third-order valence-corrected chi connectivity index (χ3v) is 5.79. The maximum absolute atomic E-state index is 13.0. The van der Waals surface area contributed by atoms with E-state index in [4.69, 9.17) is 16.3 Å². The van der Waals surface area contributed by atoms with Gasteiger partial charge in [0.25, 0.3) is 5.91 Å². The van der Waals surface area contributed by atoms with E-state index < -0.39 is 0 Å². The van der Waals surface area contributed by atoms with Crippen molar-refractivity contribution in [3.8, 4) is 5.75 Å². The summed E-state index contributed by atoms with van der Waals surface area (Å²) in [6.07, 6.45) is 6.66. The van der Waals surface area contributed by atoms with E-state index in [1.165, 1.54) is 0 Å². The summed E-state index contributed by atoms with van der Waals surface area (Å²) >= 11 is 6.26. The molecule has 4 rings (SSSR count). The van der Waals surface area contributed by atoms with Crippen molar-refractivity contribution >= 4 is 17.5 Å². The largest absolute Gasteiger partial charge is 0.494 e. The number of hydrogen-bond acceptors (Lipinski definition) is 4. The van der Waals surface area contributed by atoms with Crippen LogP contribution in [0.25, 0.3) is 0 Å². The molecule has 2 atom stereocenters. The van der Waals surface area contributed by atoms with E-state index in [9.17, 15) is 4.79 Å². The Morgan fingerprint density at radius 2 is 1.93 bits per heavy atom. The van der Waals surface area contributed by atoms with Crippen LogP contribution in [0.4, 0.5) is 0 Å². The molecule has 152 valence electrons. The quantitative estimate of drug-likeness (QED) is 0.673. The minimum Gasteiger partial charge on any atom is -0.494 e. The van der Waals surface area contributed by atoms with E-state index in [1.807, 2.05) is 53.8 Å². The number of nitrogens with zero attached hydrogens (tertiary/aromatic N) is 2. The van der Waals surface area contributed by atoms with Crippen LogP contribution in [0.2, 0.25) is 5.02 Å². The zero-order valence-electron chi connectivity index (χ0n) is 16.6. The highest BCUT2D eigenvalue weighted by molar-refractivity contribution is 6.31. The summed E-state index contributed by atoms with van der Waals surface area (Å²) in [5.74, 6) is 0.974. The summed E-state index contributed by atoms with van der Waals surface area (Å²) in [7, 11) is 0. The van der Waals surface area contributed by atoms with E-state index in [1.54, 1.807) is 4.90 Å². The number of rotatable bonds is 7. The van der Waals surface area contributed by atoms with Gasteiger partial charge in [0, 0.05) is 17.4 Å². The molecule has 1 saturated heterocycles. The van der Waals surface area contributed by atoms with Crippen LogP contribution in [-0.4, -0.2) is 28.5 Å². The lowest BCUT2D eigenvalue weighted by molar-refractivity contribution is -0.134. The van der Waals surface area contributed by atoms with Gasteiger partial charge in [-0.1, -0.05) is 55.3 Å². The zero-order valence-corrected chi connectivity index (χ0v) is 17.3. The molecule has 2 aromatic rings. The van der Waals surface area contributed by atoms with Gasteiger partial charge in [-0.2, -0.15) is 0 Å². The Bertz CT molecular complexity index is 884. The fraction of sp³-hybridized carbons (Fsp3) is 0.348. The molecule has 2 aliphatic heterocycles. The Morgan fingerprint density at radius 3 is 2.69 bits per heavy atom. The van der Waals surface area contributed by atoms with E-state index in [-0.39, 0.29) is 18.0 Å². The smallest absolute Gasteiger partial charge is 0.251 e. The summed E-state index contributed by atoms with van der Waals surface area (Å²) in [4.78, 5) is 14.8. The predicted molar refractivity (Wildman–Crippen MR) is 114 cm³/mol. The molecular weight excluding hydrogens is 386 g/mol. The Balaban J connectivity index is 1.40. The molecule has 6 heteroatoms. The first-order valence-electron chi connectivity index (χ1n) is 10.1. The van der Waals surface area contributed by atoms with Crippen molar-refractivity contribution in [3.05, 3.63) is 77.1 Å². The first kappa shape index (κ1) is 19.8. The van der Waals surface area contributed by atoms with E-state index in [2.05, 4.69) is 24.5 Å². The molecule has 1 fully saturated rings. The van der Waals surface area contributed by atoms with Crippen LogP contribution in [-0.2, 0) is 11.3 Å². The zero-order chi connectivity index (χ0) is 20.2. The number of amides is 1.